The Hall–Kier alpha value is -2.20. The highest BCUT2D eigenvalue weighted by Gasteiger charge is 2.24. The minimum atomic E-state index is -0.273. The van der Waals surface area contributed by atoms with Gasteiger partial charge in [-0.25, -0.2) is 4.79 Å². The van der Waals surface area contributed by atoms with Crippen molar-refractivity contribution in [2.45, 2.75) is 31.6 Å². The van der Waals surface area contributed by atoms with Gasteiger partial charge in [-0.05, 0) is 37.5 Å². The second kappa shape index (κ2) is 9.94. The Bertz CT molecular complexity index is 619. The number of nitrogens with one attached hydrogen (secondary N) is 1. The van der Waals surface area contributed by atoms with E-state index < -0.39 is 0 Å². The molecule has 25 heavy (non-hydrogen) atoms. The number of likely N-dealkylation sites (tertiary alicyclic amines) is 1. The van der Waals surface area contributed by atoms with Crippen molar-refractivity contribution in [3.8, 4) is 6.07 Å². The molecule has 1 aromatic rings. The van der Waals surface area contributed by atoms with Crippen LogP contribution in [-0.2, 0) is 15.3 Å². The first-order valence-corrected chi connectivity index (χ1v) is 9.55. The van der Waals surface area contributed by atoms with Gasteiger partial charge in [0.25, 0.3) is 0 Å². The van der Waals surface area contributed by atoms with Gasteiger partial charge in [-0.15, -0.1) is 11.8 Å². The van der Waals surface area contributed by atoms with Gasteiger partial charge in [0.1, 0.15) is 0 Å². The zero-order valence-corrected chi connectivity index (χ0v) is 15.2. The quantitative estimate of drug-likeness (QED) is 0.842. The topological polar surface area (TPSA) is 82.4 Å². The van der Waals surface area contributed by atoms with Crippen molar-refractivity contribution in [2.24, 2.45) is 0 Å². The van der Waals surface area contributed by atoms with Crippen LogP contribution in [0.5, 0.6) is 0 Å². The predicted octanol–water partition coefficient (Wildman–Crippen LogP) is 2.53. The van der Waals surface area contributed by atoms with Crippen molar-refractivity contribution >= 4 is 23.8 Å². The third-order valence-electron chi connectivity index (χ3n) is 3.97. The standard InChI is InChI=1S/C18H23N3O3S/c1-2-24-18(23)21-9-7-16(8-10-21)20-17(22)13-25-12-15-5-3-14(11-19)4-6-15/h3-6,16H,2,7-10,12-13H2,1H3,(H,20,22). The third kappa shape index (κ3) is 6.31. The van der Waals surface area contributed by atoms with Gasteiger partial charge >= 0.3 is 6.09 Å². The summed E-state index contributed by atoms with van der Waals surface area (Å²) < 4.78 is 4.99. The van der Waals surface area contributed by atoms with Crippen LogP contribution >= 0.6 is 11.8 Å². The van der Waals surface area contributed by atoms with Crippen LogP contribution in [0.4, 0.5) is 4.79 Å². The Morgan fingerprint density at radius 1 is 1.32 bits per heavy atom. The molecule has 7 heteroatoms. The monoisotopic (exact) mass is 361 g/mol. The summed E-state index contributed by atoms with van der Waals surface area (Å²) in [7, 11) is 0. The highest BCUT2D eigenvalue weighted by atomic mass is 32.2. The molecule has 2 amide bonds. The van der Waals surface area contributed by atoms with Gasteiger partial charge in [-0.2, -0.15) is 5.26 Å². The van der Waals surface area contributed by atoms with Crippen LogP contribution in [0.15, 0.2) is 24.3 Å². The summed E-state index contributed by atoms with van der Waals surface area (Å²) >= 11 is 1.55. The first-order chi connectivity index (χ1) is 12.1. The summed E-state index contributed by atoms with van der Waals surface area (Å²) in [5, 5.41) is 11.8. The van der Waals surface area contributed by atoms with Crippen LogP contribution in [0.2, 0.25) is 0 Å². The molecular formula is C18H23N3O3S. The fourth-order valence-corrected chi connectivity index (χ4v) is 3.43. The number of piperidine rings is 1. The van der Waals surface area contributed by atoms with Gasteiger partial charge in [0, 0.05) is 24.9 Å². The van der Waals surface area contributed by atoms with E-state index in [1.165, 1.54) is 0 Å². The van der Waals surface area contributed by atoms with Crippen molar-refractivity contribution in [3.63, 3.8) is 0 Å². The molecule has 0 saturated carbocycles. The van der Waals surface area contributed by atoms with E-state index in [9.17, 15) is 9.59 Å². The number of carbonyl (C=O) groups is 2. The van der Waals surface area contributed by atoms with Crippen molar-refractivity contribution in [1.82, 2.24) is 10.2 Å². The molecule has 0 radical (unpaired) electrons. The van der Waals surface area contributed by atoms with Crippen molar-refractivity contribution in [2.75, 3.05) is 25.4 Å². The second-order valence-electron chi connectivity index (χ2n) is 5.83. The zero-order chi connectivity index (χ0) is 18.1. The van der Waals surface area contributed by atoms with Gasteiger partial charge in [0.05, 0.1) is 24.0 Å². The van der Waals surface area contributed by atoms with Crippen LogP contribution < -0.4 is 5.32 Å². The molecule has 0 bridgehead atoms. The van der Waals surface area contributed by atoms with Crippen molar-refractivity contribution in [1.29, 1.82) is 5.26 Å². The predicted molar refractivity (Wildman–Crippen MR) is 97.1 cm³/mol. The number of rotatable bonds is 6. The molecule has 0 aliphatic carbocycles. The van der Waals surface area contributed by atoms with Crippen LogP contribution in [0.1, 0.15) is 30.9 Å². The number of nitrogens with zero attached hydrogens (tertiary/aromatic N) is 2. The first kappa shape index (κ1) is 19.1. The molecule has 0 aromatic heterocycles. The highest BCUT2D eigenvalue weighted by Crippen LogP contribution is 2.14. The lowest BCUT2D eigenvalue weighted by Gasteiger charge is -2.31. The number of nitriles is 1. The van der Waals surface area contributed by atoms with Crippen LogP contribution in [0.25, 0.3) is 0 Å². The lowest BCUT2D eigenvalue weighted by atomic mass is 10.1. The fourth-order valence-electron chi connectivity index (χ4n) is 2.63. The fraction of sp³-hybridized carbons (Fsp3) is 0.500. The van der Waals surface area contributed by atoms with Gasteiger partial charge in [-0.3, -0.25) is 4.79 Å². The Labute approximate surface area is 152 Å². The van der Waals surface area contributed by atoms with E-state index in [2.05, 4.69) is 11.4 Å². The number of hydrogen-bond acceptors (Lipinski definition) is 5. The molecule has 2 rings (SSSR count). The lowest BCUT2D eigenvalue weighted by Crippen LogP contribution is -2.47. The maximum absolute atomic E-state index is 12.0. The molecule has 1 aliphatic heterocycles. The number of carbonyl (C=O) groups excluding carboxylic acids is 2. The normalized spacial score (nSPS) is 14.6. The Balaban J connectivity index is 1.64. The van der Waals surface area contributed by atoms with Gasteiger partial charge < -0.3 is 15.0 Å². The maximum atomic E-state index is 12.0. The molecule has 134 valence electrons. The number of benzene rings is 1. The molecular weight excluding hydrogens is 338 g/mol. The third-order valence-corrected chi connectivity index (χ3v) is 4.97. The Morgan fingerprint density at radius 2 is 2.00 bits per heavy atom. The molecule has 1 saturated heterocycles. The van der Waals surface area contributed by atoms with E-state index >= 15 is 0 Å². The highest BCUT2D eigenvalue weighted by molar-refractivity contribution is 7.99. The molecule has 6 nitrogen and oxygen atoms in total. The van der Waals surface area contributed by atoms with Crippen molar-refractivity contribution in [3.05, 3.63) is 35.4 Å². The summed E-state index contributed by atoms with van der Waals surface area (Å²) in [5.41, 5.74) is 1.74. The van der Waals surface area contributed by atoms with Crippen LogP contribution in [0.3, 0.4) is 0 Å². The Morgan fingerprint density at radius 3 is 2.60 bits per heavy atom. The molecule has 0 atom stereocenters. The van der Waals surface area contributed by atoms with Gasteiger partial charge in [0.2, 0.25) is 5.91 Å². The van der Waals surface area contributed by atoms with E-state index in [0.717, 1.165) is 24.2 Å². The summed E-state index contributed by atoms with van der Waals surface area (Å²) in [6.07, 6.45) is 1.24. The molecule has 1 aliphatic rings. The molecule has 1 fully saturated rings. The molecule has 1 heterocycles. The van der Waals surface area contributed by atoms with Gasteiger partial charge in [-0.1, -0.05) is 12.1 Å². The van der Waals surface area contributed by atoms with Gasteiger partial charge in [0.15, 0.2) is 0 Å². The summed E-state index contributed by atoms with van der Waals surface area (Å²) in [6, 6.07) is 9.60. The van der Waals surface area contributed by atoms with E-state index in [1.807, 2.05) is 12.1 Å². The average Bonchev–Trinajstić information content (AvgIpc) is 2.63. The molecule has 1 aromatic carbocycles. The zero-order valence-electron chi connectivity index (χ0n) is 14.4. The van der Waals surface area contributed by atoms with E-state index in [0.29, 0.717) is 31.0 Å². The average molecular weight is 361 g/mol. The second-order valence-corrected chi connectivity index (χ2v) is 6.81. The summed E-state index contributed by atoms with van der Waals surface area (Å²) in [6.45, 7) is 3.40. The number of ether oxygens (including phenoxy) is 1. The Kier molecular flexibility index (Phi) is 7.61. The molecule has 0 unspecified atom stereocenters. The minimum Gasteiger partial charge on any atom is -0.450 e. The van der Waals surface area contributed by atoms with E-state index in [4.69, 9.17) is 10.00 Å². The van der Waals surface area contributed by atoms with E-state index in [1.54, 1.807) is 35.7 Å². The summed E-state index contributed by atoms with van der Waals surface area (Å²) in [5.74, 6) is 1.16. The first-order valence-electron chi connectivity index (χ1n) is 8.40. The van der Waals surface area contributed by atoms with Crippen LogP contribution in [0, 0.1) is 11.3 Å². The number of amides is 2. The number of hydrogen-bond donors (Lipinski definition) is 1. The molecule has 1 N–H and O–H groups in total. The van der Waals surface area contributed by atoms with Crippen molar-refractivity contribution < 1.29 is 14.3 Å². The maximum Gasteiger partial charge on any atom is 0.409 e. The molecule has 0 spiro atoms. The summed E-state index contributed by atoms with van der Waals surface area (Å²) in [4.78, 5) is 25.4. The lowest BCUT2D eigenvalue weighted by molar-refractivity contribution is -0.119. The minimum absolute atomic E-state index is 0.0215. The number of thioether (sulfide) groups is 1. The smallest absolute Gasteiger partial charge is 0.409 e. The SMILES string of the molecule is CCOC(=O)N1CCC(NC(=O)CSCc2ccc(C#N)cc2)CC1. The van der Waals surface area contributed by atoms with Crippen LogP contribution in [-0.4, -0.2) is 48.4 Å². The largest absolute Gasteiger partial charge is 0.450 e. The van der Waals surface area contributed by atoms with E-state index in [-0.39, 0.29) is 18.0 Å².